The summed E-state index contributed by atoms with van der Waals surface area (Å²) in [7, 11) is 1.80. The second-order valence-electron chi connectivity index (χ2n) is 6.61. The smallest absolute Gasteiger partial charge is 0.310 e. The average molecular weight is 337 g/mol. The van der Waals surface area contributed by atoms with Crippen molar-refractivity contribution in [2.24, 2.45) is 0 Å². The van der Waals surface area contributed by atoms with Gasteiger partial charge >= 0.3 is 5.97 Å². The molecule has 130 valence electrons. The zero-order valence-electron chi connectivity index (χ0n) is 14.6. The van der Waals surface area contributed by atoms with Crippen molar-refractivity contribution < 1.29 is 14.7 Å². The summed E-state index contributed by atoms with van der Waals surface area (Å²) in [5, 5.41) is 9.62. The molecule has 0 saturated heterocycles. The van der Waals surface area contributed by atoms with Gasteiger partial charge in [-0.2, -0.15) is 0 Å². The van der Waals surface area contributed by atoms with Crippen LogP contribution in [0.1, 0.15) is 42.4 Å². The predicted octanol–water partition coefficient (Wildman–Crippen LogP) is 3.41. The second-order valence-corrected chi connectivity index (χ2v) is 6.61. The van der Waals surface area contributed by atoms with Crippen LogP contribution >= 0.6 is 0 Å². The fraction of sp³-hybridized carbons (Fsp3) is 0.333. The number of hydrogen-bond donors (Lipinski definition) is 1. The predicted molar refractivity (Wildman–Crippen MR) is 96.6 cm³/mol. The first-order chi connectivity index (χ1) is 12.0. The molecule has 0 aromatic heterocycles. The minimum Gasteiger partial charge on any atom is -0.481 e. The number of likely N-dealkylation sites (N-methyl/N-ethyl adjacent to an activating group) is 1. The average Bonchev–Trinajstić information content (AvgIpc) is 2.66. The highest BCUT2D eigenvalue weighted by atomic mass is 16.4. The van der Waals surface area contributed by atoms with Crippen molar-refractivity contribution in [3.05, 3.63) is 71.3 Å². The van der Waals surface area contributed by atoms with Crippen LogP contribution in [0.15, 0.2) is 54.6 Å². The van der Waals surface area contributed by atoms with Gasteiger partial charge in [0, 0.05) is 13.6 Å². The number of hydrogen-bond acceptors (Lipinski definition) is 2. The van der Waals surface area contributed by atoms with Gasteiger partial charge in [-0.15, -0.1) is 0 Å². The van der Waals surface area contributed by atoms with E-state index < -0.39 is 17.3 Å². The fourth-order valence-electron chi connectivity index (χ4n) is 3.93. The standard InChI is InChI=1S/C21H23NO3/c1-3-22(2)20(25)21(15-9-5-4-6-10-15)14-13-17(19(23)24)16-11-7-8-12-18(16)21/h4-12,17H,3,13-14H2,1-2H3,(H,23,24)/t17-,21?/m1/s1. The van der Waals surface area contributed by atoms with E-state index in [1.54, 1.807) is 11.9 Å². The van der Waals surface area contributed by atoms with Gasteiger partial charge in [0.25, 0.3) is 0 Å². The SMILES string of the molecule is CCN(C)C(=O)C1(c2ccccc2)CC[C@@H](C(=O)O)c2ccccc21. The maximum atomic E-state index is 13.5. The van der Waals surface area contributed by atoms with Crippen LogP contribution in [0, 0.1) is 0 Å². The highest BCUT2D eigenvalue weighted by Gasteiger charge is 2.49. The van der Waals surface area contributed by atoms with E-state index in [2.05, 4.69) is 0 Å². The lowest BCUT2D eigenvalue weighted by molar-refractivity contribution is -0.141. The number of rotatable bonds is 4. The largest absolute Gasteiger partial charge is 0.481 e. The first-order valence-corrected chi connectivity index (χ1v) is 8.65. The molecular weight excluding hydrogens is 314 g/mol. The van der Waals surface area contributed by atoms with E-state index in [-0.39, 0.29) is 5.91 Å². The zero-order chi connectivity index (χ0) is 18.0. The topological polar surface area (TPSA) is 57.6 Å². The molecule has 1 aliphatic carbocycles. The summed E-state index contributed by atoms with van der Waals surface area (Å²) >= 11 is 0. The lowest BCUT2D eigenvalue weighted by Gasteiger charge is -2.42. The molecule has 4 heteroatoms. The van der Waals surface area contributed by atoms with E-state index in [1.165, 1.54) is 0 Å². The molecule has 0 aliphatic heterocycles. The van der Waals surface area contributed by atoms with E-state index in [1.807, 2.05) is 61.5 Å². The Kier molecular flexibility index (Phi) is 4.62. The van der Waals surface area contributed by atoms with Crippen molar-refractivity contribution >= 4 is 11.9 Å². The molecule has 1 N–H and O–H groups in total. The van der Waals surface area contributed by atoms with Crippen molar-refractivity contribution in [2.75, 3.05) is 13.6 Å². The molecule has 0 fully saturated rings. The van der Waals surface area contributed by atoms with E-state index >= 15 is 0 Å². The number of nitrogens with zero attached hydrogens (tertiary/aromatic N) is 1. The summed E-state index contributed by atoms with van der Waals surface area (Å²) in [5.41, 5.74) is 1.68. The number of benzene rings is 2. The van der Waals surface area contributed by atoms with Crippen LogP contribution in [-0.2, 0) is 15.0 Å². The molecular formula is C21H23NO3. The molecule has 2 aromatic rings. The van der Waals surface area contributed by atoms with Crippen LogP contribution in [0.25, 0.3) is 0 Å². The summed E-state index contributed by atoms with van der Waals surface area (Å²) in [6, 6.07) is 17.2. The van der Waals surface area contributed by atoms with Crippen LogP contribution in [0.2, 0.25) is 0 Å². The molecule has 0 saturated carbocycles. The summed E-state index contributed by atoms with van der Waals surface area (Å²) in [6.07, 6.45) is 0.943. The van der Waals surface area contributed by atoms with Gasteiger partial charge in [-0.05, 0) is 36.5 Å². The van der Waals surface area contributed by atoms with Crippen molar-refractivity contribution in [3.63, 3.8) is 0 Å². The molecule has 0 bridgehead atoms. The summed E-state index contributed by atoms with van der Waals surface area (Å²) < 4.78 is 0. The van der Waals surface area contributed by atoms with Crippen molar-refractivity contribution in [1.82, 2.24) is 4.90 Å². The van der Waals surface area contributed by atoms with Gasteiger partial charge in [0.05, 0.1) is 11.3 Å². The molecule has 1 aliphatic rings. The minimum absolute atomic E-state index is 0.0255. The molecule has 1 amide bonds. The number of carboxylic acid groups (broad SMARTS) is 1. The number of fused-ring (bicyclic) bond motifs is 1. The second kappa shape index (κ2) is 6.71. The molecule has 1 unspecified atom stereocenters. The third kappa shape index (κ3) is 2.72. The maximum absolute atomic E-state index is 13.5. The Balaban J connectivity index is 2.27. The zero-order valence-corrected chi connectivity index (χ0v) is 14.6. The minimum atomic E-state index is -0.828. The summed E-state index contributed by atoms with van der Waals surface area (Å²) in [5.74, 6) is -1.37. The summed E-state index contributed by atoms with van der Waals surface area (Å²) in [6.45, 7) is 2.56. The monoisotopic (exact) mass is 337 g/mol. The fourth-order valence-corrected chi connectivity index (χ4v) is 3.93. The molecule has 0 radical (unpaired) electrons. The molecule has 3 rings (SSSR count). The quantitative estimate of drug-likeness (QED) is 0.930. The van der Waals surface area contributed by atoms with Crippen LogP contribution in [0.5, 0.6) is 0 Å². The Labute approximate surface area is 148 Å². The Morgan fingerprint density at radius 1 is 1.12 bits per heavy atom. The van der Waals surface area contributed by atoms with Crippen molar-refractivity contribution in [2.45, 2.75) is 31.1 Å². The van der Waals surface area contributed by atoms with Gasteiger partial charge in [0.2, 0.25) is 5.91 Å². The third-order valence-electron chi connectivity index (χ3n) is 5.35. The van der Waals surface area contributed by atoms with Gasteiger partial charge in [0.15, 0.2) is 0 Å². The normalized spacial score (nSPS) is 22.1. The number of amides is 1. The Hall–Kier alpha value is -2.62. The maximum Gasteiger partial charge on any atom is 0.310 e. The van der Waals surface area contributed by atoms with Crippen LogP contribution < -0.4 is 0 Å². The van der Waals surface area contributed by atoms with Crippen molar-refractivity contribution in [3.8, 4) is 0 Å². The molecule has 2 atom stereocenters. The number of carboxylic acids is 1. The van der Waals surface area contributed by atoms with E-state index in [0.717, 1.165) is 16.7 Å². The lowest BCUT2D eigenvalue weighted by Crippen LogP contribution is -2.49. The van der Waals surface area contributed by atoms with Gasteiger partial charge in [0.1, 0.15) is 0 Å². The highest BCUT2D eigenvalue weighted by Crippen LogP contribution is 2.48. The number of aliphatic carboxylic acids is 1. The van der Waals surface area contributed by atoms with Gasteiger partial charge in [-0.3, -0.25) is 9.59 Å². The molecule has 4 nitrogen and oxygen atoms in total. The molecule has 25 heavy (non-hydrogen) atoms. The number of carbonyl (C=O) groups is 2. The molecule has 0 heterocycles. The van der Waals surface area contributed by atoms with E-state index in [4.69, 9.17) is 0 Å². The molecule has 0 spiro atoms. The van der Waals surface area contributed by atoms with Crippen molar-refractivity contribution in [1.29, 1.82) is 0 Å². The molecule has 2 aromatic carbocycles. The highest BCUT2D eigenvalue weighted by molar-refractivity contribution is 5.94. The number of carbonyl (C=O) groups excluding carboxylic acids is 1. The Morgan fingerprint density at radius 2 is 1.76 bits per heavy atom. The van der Waals surface area contributed by atoms with E-state index in [0.29, 0.717) is 19.4 Å². The first-order valence-electron chi connectivity index (χ1n) is 8.65. The van der Waals surface area contributed by atoms with E-state index in [9.17, 15) is 14.7 Å². The van der Waals surface area contributed by atoms with Gasteiger partial charge < -0.3 is 10.0 Å². The van der Waals surface area contributed by atoms with Gasteiger partial charge in [-0.25, -0.2) is 0 Å². The Morgan fingerprint density at radius 3 is 2.40 bits per heavy atom. The van der Waals surface area contributed by atoms with Gasteiger partial charge in [-0.1, -0.05) is 54.6 Å². The Bertz CT molecular complexity index is 787. The first kappa shape index (κ1) is 17.2. The third-order valence-corrected chi connectivity index (χ3v) is 5.35. The van der Waals surface area contributed by atoms with Crippen LogP contribution in [0.4, 0.5) is 0 Å². The van der Waals surface area contributed by atoms with Crippen LogP contribution in [-0.4, -0.2) is 35.5 Å². The van der Waals surface area contributed by atoms with Crippen LogP contribution in [0.3, 0.4) is 0 Å². The summed E-state index contributed by atoms with van der Waals surface area (Å²) in [4.78, 5) is 26.9. The lowest BCUT2D eigenvalue weighted by atomic mass is 9.62.